The lowest BCUT2D eigenvalue weighted by Crippen LogP contribution is -2.09. The van der Waals surface area contributed by atoms with Gasteiger partial charge in [0, 0.05) is 0 Å². The first-order valence-corrected chi connectivity index (χ1v) is 5.26. The van der Waals surface area contributed by atoms with Crippen molar-refractivity contribution in [1.82, 2.24) is 0 Å². The molecule has 5 heteroatoms. The summed E-state index contributed by atoms with van der Waals surface area (Å²) in [5.74, 6) is -0.306. The zero-order chi connectivity index (χ0) is 11.6. The van der Waals surface area contributed by atoms with Crippen molar-refractivity contribution < 1.29 is 18.3 Å². The molecule has 15 heavy (non-hydrogen) atoms. The van der Waals surface area contributed by atoms with E-state index in [0.29, 0.717) is 9.13 Å². The second-order valence-corrected chi connectivity index (χ2v) is 4.17. The van der Waals surface area contributed by atoms with E-state index in [0.717, 1.165) is 0 Å². The number of Topliss-reactive ketones (excluding diaryl/α,β-unsaturated/α-hetero) is 1. The van der Waals surface area contributed by atoms with E-state index in [1.807, 2.05) is 22.6 Å². The van der Waals surface area contributed by atoms with Gasteiger partial charge in [-0.05, 0) is 48.1 Å². The number of benzene rings is 1. The first-order valence-electron chi connectivity index (χ1n) is 4.18. The van der Waals surface area contributed by atoms with E-state index in [9.17, 15) is 13.6 Å². The maximum Gasteiger partial charge on any atom is 0.387 e. The Morgan fingerprint density at radius 3 is 2.53 bits per heavy atom. The summed E-state index contributed by atoms with van der Waals surface area (Å²) in [6.07, 6.45) is 0. The average molecular weight is 326 g/mol. The number of rotatable bonds is 3. The SMILES string of the molecule is CC(=O)c1c(C)ccc(I)c1OC(F)F. The van der Waals surface area contributed by atoms with Gasteiger partial charge in [0.2, 0.25) is 0 Å². The summed E-state index contributed by atoms with van der Waals surface area (Å²) in [4.78, 5) is 11.3. The largest absolute Gasteiger partial charge is 0.433 e. The Labute approximate surface area is 99.8 Å². The Morgan fingerprint density at radius 2 is 2.07 bits per heavy atom. The van der Waals surface area contributed by atoms with Crippen LogP contribution in [-0.4, -0.2) is 12.4 Å². The van der Waals surface area contributed by atoms with E-state index in [4.69, 9.17) is 0 Å². The summed E-state index contributed by atoms with van der Waals surface area (Å²) in [5.41, 5.74) is 0.862. The third kappa shape index (κ3) is 2.87. The topological polar surface area (TPSA) is 26.3 Å². The maximum atomic E-state index is 12.1. The normalized spacial score (nSPS) is 10.5. The summed E-state index contributed by atoms with van der Waals surface area (Å²) in [5, 5.41) is 0. The molecule has 0 unspecified atom stereocenters. The molecule has 0 radical (unpaired) electrons. The fourth-order valence-electron chi connectivity index (χ4n) is 1.30. The van der Waals surface area contributed by atoms with Crippen LogP contribution in [0.1, 0.15) is 22.8 Å². The van der Waals surface area contributed by atoms with Crippen LogP contribution < -0.4 is 4.74 Å². The number of ether oxygens (including phenoxy) is 1. The van der Waals surface area contributed by atoms with Crippen molar-refractivity contribution in [2.75, 3.05) is 0 Å². The maximum absolute atomic E-state index is 12.1. The second-order valence-electron chi connectivity index (χ2n) is 3.00. The summed E-state index contributed by atoms with van der Waals surface area (Å²) >= 11 is 1.86. The molecule has 0 fully saturated rings. The summed E-state index contributed by atoms with van der Waals surface area (Å²) in [6.45, 7) is 0.0976. The molecule has 1 rings (SSSR count). The lowest BCUT2D eigenvalue weighted by Gasteiger charge is -2.12. The van der Waals surface area contributed by atoms with E-state index in [1.165, 1.54) is 6.92 Å². The highest BCUT2D eigenvalue weighted by Crippen LogP contribution is 2.30. The third-order valence-electron chi connectivity index (χ3n) is 1.88. The number of halogens is 3. The molecule has 0 aromatic heterocycles. The lowest BCUT2D eigenvalue weighted by atomic mass is 10.0. The lowest BCUT2D eigenvalue weighted by molar-refractivity contribution is -0.0507. The number of carbonyl (C=O) groups is 1. The molecule has 0 saturated heterocycles. The minimum absolute atomic E-state index is 0.0295. The first kappa shape index (κ1) is 12.4. The van der Waals surface area contributed by atoms with Crippen molar-refractivity contribution >= 4 is 28.4 Å². The van der Waals surface area contributed by atoms with Gasteiger partial charge in [0.1, 0.15) is 5.75 Å². The number of hydrogen-bond donors (Lipinski definition) is 0. The highest BCUT2D eigenvalue weighted by Gasteiger charge is 2.18. The smallest absolute Gasteiger partial charge is 0.387 e. The Bertz CT molecular complexity index is 391. The Balaban J connectivity index is 3.31. The first-order chi connectivity index (χ1) is 6.93. The molecular formula is C10H9F2IO2. The molecule has 0 N–H and O–H groups in total. The predicted octanol–water partition coefficient (Wildman–Crippen LogP) is 3.40. The van der Waals surface area contributed by atoms with Crippen molar-refractivity contribution in [2.45, 2.75) is 20.5 Å². The van der Waals surface area contributed by atoms with E-state index < -0.39 is 6.61 Å². The van der Waals surface area contributed by atoms with Gasteiger partial charge in [-0.25, -0.2) is 0 Å². The van der Waals surface area contributed by atoms with Crippen LogP contribution in [0.2, 0.25) is 0 Å². The van der Waals surface area contributed by atoms with Crippen LogP contribution in [-0.2, 0) is 0 Å². The molecule has 82 valence electrons. The third-order valence-corrected chi connectivity index (χ3v) is 2.73. The van der Waals surface area contributed by atoms with Crippen molar-refractivity contribution in [3.05, 3.63) is 26.8 Å². The monoisotopic (exact) mass is 326 g/mol. The number of hydrogen-bond acceptors (Lipinski definition) is 2. The number of alkyl halides is 2. The Morgan fingerprint density at radius 1 is 1.47 bits per heavy atom. The molecule has 0 aliphatic heterocycles. The van der Waals surface area contributed by atoms with Crippen LogP contribution >= 0.6 is 22.6 Å². The van der Waals surface area contributed by atoms with Crippen molar-refractivity contribution in [1.29, 1.82) is 0 Å². The molecule has 0 atom stereocenters. The molecule has 0 bridgehead atoms. The molecule has 2 nitrogen and oxygen atoms in total. The van der Waals surface area contributed by atoms with Gasteiger partial charge in [0.15, 0.2) is 5.78 Å². The molecule has 0 spiro atoms. The molecule has 0 amide bonds. The minimum Gasteiger partial charge on any atom is -0.433 e. The van der Waals surface area contributed by atoms with Crippen LogP contribution in [0, 0.1) is 10.5 Å². The van der Waals surface area contributed by atoms with Crippen LogP contribution in [0.25, 0.3) is 0 Å². The molecule has 1 aromatic rings. The van der Waals surface area contributed by atoms with Crippen LogP contribution in [0.4, 0.5) is 8.78 Å². The van der Waals surface area contributed by atoms with Crippen molar-refractivity contribution in [3.63, 3.8) is 0 Å². The average Bonchev–Trinajstić information content (AvgIpc) is 2.10. The summed E-state index contributed by atoms with van der Waals surface area (Å²) in [7, 11) is 0. The van der Waals surface area contributed by atoms with Gasteiger partial charge in [-0.1, -0.05) is 6.07 Å². The minimum atomic E-state index is -2.92. The van der Waals surface area contributed by atoms with Crippen molar-refractivity contribution in [2.24, 2.45) is 0 Å². The Hall–Kier alpha value is -0.720. The Kier molecular flexibility index (Phi) is 4.01. The van der Waals surface area contributed by atoms with E-state index in [-0.39, 0.29) is 17.1 Å². The fourth-order valence-corrected chi connectivity index (χ4v) is 1.87. The second kappa shape index (κ2) is 4.87. The molecule has 0 aliphatic carbocycles. The molecular weight excluding hydrogens is 317 g/mol. The van der Waals surface area contributed by atoms with Crippen LogP contribution in [0.15, 0.2) is 12.1 Å². The standard InChI is InChI=1S/C10H9F2IO2/c1-5-3-4-7(13)9(15-10(11)12)8(5)6(2)14/h3-4,10H,1-2H3. The van der Waals surface area contributed by atoms with E-state index >= 15 is 0 Å². The zero-order valence-corrected chi connectivity index (χ0v) is 10.3. The summed E-state index contributed by atoms with van der Waals surface area (Å²) in [6, 6.07) is 3.34. The number of carbonyl (C=O) groups excluding carboxylic acids is 1. The molecule has 0 heterocycles. The van der Waals surface area contributed by atoms with Crippen molar-refractivity contribution in [3.8, 4) is 5.75 Å². The fraction of sp³-hybridized carbons (Fsp3) is 0.300. The molecule has 0 aliphatic rings. The number of aryl methyl sites for hydroxylation is 1. The van der Waals surface area contributed by atoms with Gasteiger partial charge in [-0.15, -0.1) is 0 Å². The molecule has 0 saturated carbocycles. The molecule has 1 aromatic carbocycles. The summed E-state index contributed by atoms with van der Waals surface area (Å²) < 4.78 is 29.1. The van der Waals surface area contributed by atoms with E-state index in [1.54, 1.807) is 19.1 Å². The predicted molar refractivity (Wildman–Crippen MR) is 60.5 cm³/mol. The van der Waals surface area contributed by atoms with E-state index in [2.05, 4.69) is 4.74 Å². The van der Waals surface area contributed by atoms with Gasteiger partial charge in [0.25, 0.3) is 0 Å². The zero-order valence-electron chi connectivity index (χ0n) is 8.18. The highest BCUT2D eigenvalue weighted by molar-refractivity contribution is 14.1. The van der Waals surface area contributed by atoms with Gasteiger partial charge in [-0.3, -0.25) is 4.79 Å². The van der Waals surface area contributed by atoms with Crippen LogP contribution in [0.3, 0.4) is 0 Å². The quantitative estimate of drug-likeness (QED) is 0.629. The highest BCUT2D eigenvalue weighted by atomic mass is 127. The van der Waals surface area contributed by atoms with Gasteiger partial charge < -0.3 is 4.74 Å². The van der Waals surface area contributed by atoms with Gasteiger partial charge >= 0.3 is 6.61 Å². The van der Waals surface area contributed by atoms with Gasteiger partial charge in [0.05, 0.1) is 9.13 Å². The van der Waals surface area contributed by atoms with Gasteiger partial charge in [-0.2, -0.15) is 8.78 Å². The van der Waals surface area contributed by atoms with Crippen LogP contribution in [0.5, 0.6) is 5.75 Å². The number of ketones is 1.